The molecule has 11 heavy (non-hydrogen) atoms. The molecule has 3 heteroatoms. The lowest BCUT2D eigenvalue weighted by Crippen LogP contribution is -2.20. The van der Waals surface area contributed by atoms with Gasteiger partial charge in [0.15, 0.2) is 0 Å². The Bertz CT molecular complexity index is 410. The van der Waals surface area contributed by atoms with Crippen molar-refractivity contribution in [2.24, 2.45) is 0 Å². The molecule has 58 valence electrons. The second kappa shape index (κ2) is 3.34. The summed E-state index contributed by atoms with van der Waals surface area (Å²) in [5.41, 5.74) is 0. The third kappa shape index (κ3) is 1.68. The first-order chi connectivity index (χ1) is 5.27. The summed E-state index contributed by atoms with van der Waals surface area (Å²) in [6.07, 6.45) is 5.34. The Hall–Kier alpha value is -1.09. The van der Waals surface area contributed by atoms with Crippen LogP contribution in [0.15, 0.2) is 17.4 Å². The van der Waals surface area contributed by atoms with Gasteiger partial charge in [-0.25, -0.2) is 0 Å². The highest BCUT2D eigenvalue weighted by Gasteiger charge is 1.88. The fraction of sp³-hybridized carbons (Fsp3) is 0.125. The molecule has 0 unspecified atom stereocenters. The summed E-state index contributed by atoms with van der Waals surface area (Å²) in [5.74, 6) is 0. The van der Waals surface area contributed by atoms with E-state index in [1.54, 1.807) is 12.2 Å². The number of aromatic amines is 1. The molecule has 0 aliphatic rings. The zero-order valence-electron chi connectivity index (χ0n) is 6.26. The molecule has 1 aromatic heterocycles. The van der Waals surface area contributed by atoms with Gasteiger partial charge in [0.1, 0.15) is 0 Å². The van der Waals surface area contributed by atoms with Gasteiger partial charge in [-0.05, 0) is 13.0 Å². The zero-order chi connectivity index (χ0) is 8.27. The molecule has 0 bridgehead atoms. The fourth-order valence-electron chi connectivity index (χ4n) is 0.808. The van der Waals surface area contributed by atoms with Crippen molar-refractivity contribution < 1.29 is 0 Å². The van der Waals surface area contributed by atoms with Crippen molar-refractivity contribution >= 4 is 23.5 Å². The number of aromatic nitrogens is 1. The summed E-state index contributed by atoms with van der Waals surface area (Å²) >= 11 is 1.21. The van der Waals surface area contributed by atoms with Gasteiger partial charge in [0.25, 0.3) is 0 Å². The Kier molecular flexibility index (Phi) is 2.44. The van der Waals surface area contributed by atoms with E-state index < -0.39 is 0 Å². The minimum Gasteiger partial charge on any atom is -0.312 e. The van der Waals surface area contributed by atoms with Crippen LogP contribution in [0, 0.1) is 0 Å². The molecule has 0 aliphatic heterocycles. The van der Waals surface area contributed by atoms with E-state index in [1.165, 1.54) is 11.3 Å². The van der Waals surface area contributed by atoms with Crippen molar-refractivity contribution in [3.8, 4) is 0 Å². The summed E-state index contributed by atoms with van der Waals surface area (Å²) in [5, 5.41) is 0.845. The first kappa shape index (κ1) is 8.01. The lowest BCUT2D eigenvalue weighted by molar-refractivity contribution is 1.26. The number of allylic oxidation sites excluding steroid dienone is 1. The third-order valence-corrected chi connectivity index (χ3v) is 2.21. The van der Waals surface area contributed by atoms with Gasteiger partial charge in [0.2, 0.25) is 0 Å². The van der Waals surface area contributed by atoms with Crippen LogP contribution in [0.25, 0.3) is 12.2 Å². The molecule has 1 N–H and O–H groups in total. The predicted octanol–water partition coefficient (Wildman–Crippen LogP) is 0.203. The number of hydrogen-bond acceptors (Lipinski definition) is 2. The van der Waals surface area contributed by atoms with Crippen LogP contribution < -0.4 is 14.8 Å². The second-order valence-corrected chi connectivity index (χ2v) is 3.00. The lowest BCUT2D eigenvalue weighted by Gasteiger charge is -1.72. The molecule has 2 nitrogen and oxygen atoms in total. The van der Waals surface area contributed by atoms with E-state index in [1.807, 2.05) is 13.0 Å². The van der Waals surface area contributed by atoms with Crippen molar-refractivity contribution in [2.45, 2.75) is 6.92 Å². The van der Waals surface area contributed by atoms with E-state index in [9.17, 15) is 4.79 Å². The van der Waals surface area contributed by atoms with E-state index in [4.69, 9.17) is 0 Å². The number of H-pyrrole nitrogens is 1. The highest BCUT2D eigenvalue weighted by atomic mass is 32.1. The van der Waals surface area contributed by atoms with E-state index in [0.29, 0.717) is 0 Å². The molecular weight excluding hydrogens is 158 g/mol. The summed E-state index contributed by atoms with van der Waals surface area (Å²) in [7, 11) is 0. The smallest absolute Gasteiger partial charge is 0.305 e. The van der Waals surface area contributed by atoms with Gasteiger partial charge in [0.05, 0.1) is 9.88 Å². The predicted molar refractivity (Wildman–Crippen MR) is 49.0 cm³/mol. The SMILES string of the molecule is C=C/C=c1/[nH]c(=O)s/c1=C/C. The fourth-order valence-corrected chi connectivity index (χ4v) is 1.52. The van der Waals surface area contributed by atoms with Gasteiger partial charge in [0, 0.05) is 0 Å². The highest BCUT2D eigenvalue weighted by molar-refractivity contribution is 7.07. The van der Waals surface area contributed by atoms with Gasteiger partial charge in [-0.2, -0.15) is 0 Å². The summed E-state index contributed by atoms with van der Waals surface area (Å²) in [4.78, 5) is 13.5. The minimum atomic E-state index is -0.0220. The Morgan fingerprint density at radius 2 is 2.36 bits per heavy atom. The molecule has 0 radical (unpaired) electrons. The van der Waals surface area contributed by atoms with Gasteiger partial charge in [-0.3, -0.25) is 4.79 Å². The molecule has 1 rings (SSSR count). The molecule has 0 saturated carbocycles. The van der Waals surface area contributed by atoms with Crippen molar-refractivity contribution in [1.29, 1.82) is 0 Å². The van der Waals surface area contributed by atoms with E-state index in [2.05, 4.69) is 11.6 Å². The molecule has 1 aromatic rings. The summed E-state index contributed by atoms with van der Waals surface area (Å²) in [6.45, 7) is 5.46. The topological polar surface area (TPSA) is 32.9 Å². The van der Waals surface area contributed by atoms with Crippen molar-refractivity contribution in [3.05, 3.63) is 32.2 Å². The minimum absolute atomic E-state index is 0.0220. The van der Waals surface area contributed by atoms with E-state index in [0.717, 1.165) is 9.88 Å². The third-order valence-electron chi connectivity index (χ3n) is 1.25. The second-order valence-electron chi connectivity index (χ2n) is 1.98. The Morgan fingerprint density at radius 3 is 2.91 bits per heavy atom. The number of thiazole rings is 1. The quantitative estimate of drug-likeness (QED) is 0.637. The molecule has 1 heterocycles. The largest absolute Gasteiger partial charge is 0.312 e. The molecule has 0 spiro atoms. The maximum absolute atomic E-state index is 10.8. The van der Waals surface area contributed by atoms with E-state index >= 15 is 0 Å². The molecule has 0 atom stereocenters. The van der Waals surface area contributed by atoms with Gasteiger partial charge < -0.3 is 4.98 Å². The zero-order valence-corrected chi connectivity index (χ0v) is 7.07. The van der Waals surface area contributed by atoms with Crippen molar-refractivity contribution in [3.63, 3.8) is 0 Å². The maximum atomic E-state index is 10.8. The van der Waals surface area contributed by atoms with Crippen LogP contribution in [0.5, 0.6) is 0 Å². The highest BCUT2D eigenvalue weighted by Crippen LogP contribution is 1.68. The first-order valence-electron chi connectivity index (χ1n) is 3.26. The van der Waals surface area contributed by atoms with Crippen LogP contribution >= 0.6 is 11.3 Å². The van der Waals surface area contributed by atoms with Gasteiger partial charge in [-0.15, -0.1) is 0 Å². The summed E-state index contributed by atoms with van der Waals surface area (Å²) < 4.78 is 0.968. The van der Waals surface area contributed by atoms with Gasteiger partial charge >= 0.3 is 4.87 Å². The standard InChI is InChI=1S/C8H9NOS/c1-3-5-6-7(4-2)11-8(10)9-6/h3-5H,1H2,2H3,(H,9,10)/b6-5+,7-4+. The normalized spacial score (nSPS) is 13.9. The van der Waals surface area contributed by atoms with Crippen LogP contribution in [0.4, 0.5) is 0 Å². The number of hydrogen-bond donors (Lipinski definition) is 1. The lowest BCUT2D eigenvalue weighted by atomic mass is 10.5. The van der Waals surface area contributed by atoms with E-state index in [-0.39, 0.29) is 4.87 Å². The Labute approximate surface area is 68.2 Å². The van der Waals surface area contributed by atoms with Crippen LogP contribution in [0.3, 0.4) is 0 Å². The first-order valence-corrected chi connectivity index (χ1v) is 4.08. The van der Waals surface area contributed by atoms with Crippen molar-refractivity contribution in [2.75, 3.05) is 0 Å². The molecule has 0 aromatic carbocycles. The van der Waals surface area contributed by atoms with Gasteiger partial charge in [-0.1, -0.05) is 30.1 Å². The molecule has 0 saturated heterocycles. The summed E-state index contributed by atoms with van der Waals surface area (Å²) in [6, 6.07) is 0. The number of nitrogens with one attached hydrogen (secondary N) is 1. The molecule has 0 fully saturated rings. The van der Waals surface area contributed by atoms with Crippen LogP contribution in [-0.4, -0.2) is 4.98 Å². The van der Waals surface area contributed by atoms with Crippen molar-refractivity contribution in [1.82, 2.24) is 4.98 Å². The van der Waals surface area contributed by atoms with Crippen LogP contribution in [-0.2, 0) is 0 Å². The average Bonchev–Trinajstić information content (AvgIpc) is 2.32. The Balaban J connectivity index is 3.61. The monoisotopic (exact) mass is 167 g/mol. The molecule has 0 aliphatic carbocycles. The Morgan fingerprint density at radius 1 is 1.64 bits per heavy atom. The molecular formula is C8H9NOS. The van der Waals surface area contributed by atoms with Crippen LogP contribution in [0.2, 0.25) is 0 Å². The maximum Gasteiger partial charge on any atom is 0.305 e. The number of rotatable bonds is 1. The van der Waals surface area contributed by atoms with Crippen LogP contribution in [0.1, 0.15) is 6.92 Å². The average molecular weight is 167 g/mol. The molecule has 0 amide bonds.